The molecule has 0 radical (unpaired) electrons. The zero-order chi connectivity index (χ0) is 24.8. The number of methoxy groups -OCH3 is 2. The number of hydrogen-bond donors (Lipinski definition) is 1. The Bertz CT molecular complexity index is 1010. The number of hydrogen-bond acceptors (Lipinski definition) is 6. The van der Waals surface area contributed by atoms with E-state index in [4.69, 9.17) is 9.47 Å². The maximum absolute atomic E-state index is 13.7. The van der Waals surface area contributed by atoms with Crippen LogP contribution >= 0.6 is 11.8 Å². The molecule has 2 aromatic rings. The molecule has 0 saturated carbocycles. The second-order valence-electron chi connectivity index (χ2n) is 8.22. The van der Waals surface area contributed by atoms with Gasteiger partial charge in [-0.2, -0.15) is 0 Å². The third kappa shape index (κ3) is 5.18. The molecule has 1 aliphatic heterocycles. The van der Waals surface area contributed by atoms with E-state index in [1.165, 1.54) is 7.11 Å². The molecule has 0 bridgehead atoms. The van der Waals surface area contributed by atoms with Crippen molar-refractivity contribution in [3.63, 3.8) is 0 Å². The second kappa shape index (κ2) is 11.6. The molecule has 1 N–H and O–H groups in total. The van der Waals surface area contributed by atoms with E-state index in [0.717, 1.165) is 30.1 Å². The monoisotopic (exact) mass is 485 g/mol. The van der Waals surface area contributed by atoms with Crippen LogP contribution in [0.1, 0.15) is 47.3 Å². The molecule has 0 aromatic heterocycles. The molecule has 3 rings (SSSR count). The molecule has 8 heteroatoms. The molecular weight excluding hydrogens is 450 g/mol. The number of nitrogens with one attached hydrogen (secondary N) is 1. The van der Waals surface area contributed by atoms with Crippen molar-refractivity contribution in [2.24, 2.45) is 0 Å². The summed E-state index contributed by atoms with van der Waals surface area (Å²) in [4.78, 5) is 32.2. The van der Waals surface area contributed by atoms with Crippen LogP contribution in [0.2, 0.25) is 0 Å². The van der Waals surface area contributed by atoms with Gasteiger partial charge in [0.05, 0.1) is 26.2 Å². The smallest absolute Gasteiger partial charge is 0.254 e. The van der Waals surface area contributed by atoms with Crippen LogP contribution in [-0.4, -0.2) is 75.3 Å². The maximum Gasteiger partial charge on any atom is 0.254 e. The van der Waals surface area contributed by atoms with Gasteiger partial charge in [-0.15, -0.1) is 11.8 Å². The third-order valence-electron chi connectivity index (χ3n) is 6.54. The molecule has 0 unspecified atom stereocenters. The fraction of sp³-hybridized carbons (Fsp3) is 0.462. The summed E-state index contributed by atoms with van der Waals surface area (Å²) in [6.45, 7) is 7.38. The number of carbonyl (C=O) groups is 2. The Morgan fingerprint density at radius 2 is 1.71 bits per heavy atom. The molecule has 1 aliphatic rings. The summed E-state index contributed by atoms with van der Waals surface area (Å²) in [6.07, 6.45) is 2.02. The molecule has 34 heavy (non-hydrogen) atoms. The van der Waals surface area contributed by atoms with Gasteiger partial charge in [-0.1, -0.05) is 26.0 Å². The summed E-state index contributed by atoms with van der Waals surface area (Å²) in [7, 11) is 4.85. The molecule has 2 amide bonds. The highest BCUT2D eigenvalue weighted by atomic mass is 32.2. The first kappa shape index (κ1) is 25.9. The van der Waals surface area contributed by atoms with Crippen LogP contribution in [0.25, 0.3) is 0 Å². The SMILES string of the molecule is CCN(CC)CCNC(=O)[C@@H]1c2cc(OC)c(OC)cc2C(=O)N(C)[C@@H]1c1ccc(SC)cc1. The topological polar surface area (TPSA) is 71.1 Å². The van der Waals surface area contributed by atoms with Crippen molar-refractivity contribution in [2.75, 3.05) is 53.7 Å². The van der Waals surface area contributed by atoms with Gasteiger partial charge in [0.15, 0.2) is 11.5 Å². The highest BCUT2D eigenvalue weighted by Crippen LogP contribution is 2.45. The van der Waals surface area contributed by atoms with Crippen molar-refractivity contribution in [3.8, 4) is 11.5 Å². The molecule has 0 saturated heterocycles. The van der Waals surface area contributed by atoms with Crippen LogP contribution in [-0.2, 0) is 4.79 Å². The Kier molecular flexibility index (Phi) is 8.85. The number of ether oxygens (including phenoxy) is 2. The average Bonchev–Trinajstić information content (AvgIpc) is 2.87. The van der Waals surface area contributed by atoms with Crippen LogP contribution in [0.3, 0.4) is 0 Å². The fourth-order valence-corrected chi connectivity index (χ4v) is 4.94. The van der Waals surface area contributed by atoms with Gasteiger partial charge >= 0.3 is 0 Å². The summed E-state index contributed by atoms with van der Waals surface area (Å²) in [5.41, 5.74) is 2.03. The third-order valence-corrected chi connectivity index (χ3v) is 7.28. The molecule has 0 fully saturated rings. The Morgan fingerprint density at radius 3 is 2.26 bits per heavy atom. The first-order chi connectivity index (χ1) is 16.4. The minimum Gasteiger partial charge on any atom is -0.493 e. The molecule has 184 valence electrons. The van der Waals surface area contributed by atoms with Crippen molar-refractivity contribution < 1.29 is 19.1 Å². The first-order valence-electron chi connectivity index (χ1n) is 11.6. The Morgan fingerprint density at radius 1 is 1.09 bits per heavy atom. The van der Waals surface area contributed by atoms with Crippen LogP contribution < -0.4 is 14.8 Å². The predicted octanol–water partition coefficient (Wildman–Crippen LogP) is 3.79. The highest BCUT2D eigenvalue weighted by Gasteiger charge is 2.43. The molecule has 2 atom stereocenters. The molecule has 1 heterocycles. The minimum absolute atomic E-state index is 0.112. The number of carbonyl (C=O) groups excluding carboxylic acids is 2. The fourth-order valence-electron chi connectivity index (χ4n) is 4.54. The largest absolute Gasteiger partial charge is 0.493 e. The van der Waals surface area contributed by atoms with Gasteiger partial charge in [0.25, 0.3) is 5.91 Å². The van der Waals surface area contributed by atoms with E-state index in [2.05, 4.69) is 24.1 Å². The van der Waals surface area contributed by atoms with Gasteiger partial charge < -0.3 is 24.6 Å². The normalized spacial score (nSPS) is 17.5. The van der Waals surface area contributed by atoms with Crippen molar-refractivity contribution in [2.45, 2.75) is 30.7 Å². The standard InChI is InChI=1S/C26H35N3O4S/c1-7-29(8-2)14-13-27-25(30)23-19-15-21(32-4)22(33-5)16-20(19)26(31)28(3)24(23)17-9-11-18(34-6)12-10-17/h9-12,15-16,23-24H,7-8,13-14H2,1-6H3,(H,27,30)/t23-,24-/m1/s1. The quantitative estimate of drug-likeness (QED) is 0.517. The Hall–Kier alpha value is -2.71. The van der Waals surface area contributed by atoms with Crippen LogP contribution in [0.5, 0.6) is 11.5 Å². The zero-order valence-corrected chi connectivity index (χ0v) is 21.7. The van der Waals surface area contributed by atoms with Gasteiger partial charge in [-0.3, -0.25) is 9.59 Å². The average molecular weight is 486 g/mol. The Balaban J connectivity index is 2.06. The van der Waals surface area contributed by atoms with E-state index >= 15 is 0 Å². The highest BCUT2D eigenvalue weighted by molar-refractivity contribution is 7.98. The van der Waals surface area contributed by atoms with Crippen LogP contribution in [0, 0.1) is 0 Å². The summed E-state index contributed by atoms with van der Waals surface area (Å²) in [5, 5.41) is 3.12. The van der Waals surface area contributed by atoms with E-state index in [1.807, 2.05) is 30.5 Å². The predicted molar refractivity (Wildman–Crippen MR) is 136 cm³/mol. The molecule has 7 nitrogen and oxygen atoms in total. The number of likely N-dealkylation sites (N-methyl/N-ethyl adjacent to an activating group) is 2. The Labute approximate surface area is 206 Å². The van der Waals surface area contributed by atoms with Crippen molar-refractivity contribution in [3.05, 3.63) is 53.1 Å². The number of thioether (sulfide) groups is 1. The number of nitrogens with zero attached hydrogens (tertiary/aromatic N) is 2. The lowest BCUT2D eigenvalue weighted by Gasteiger charge is -2.40. The first-order valence-corrected chi connectivity index (χ1v) is 12.8. The summed E-state index contributed by atoms with van der Waals surface area (Å²) in [5.74, 6) is 0.109. The van der Waals surface area contributed by atoms with E-state index < -0.39 is 12.0 Å². The number of fused-ring (bicyclic) bond motifs is 1. The molecule has 2 aromatic carbocycles. The van der Waals surface area contributed by atoms with Crippen molar-refractivity contribution in [1.29, 1.82) is 0 Å². The number of rotatable bonds is 10. The van der Waals surface area contributed by atoms with Gasteiger partial charge in [-0.05, 0) is 54.7 Å². The summed E-state index contributed by atoms with van der Waals surface area (Å²) >= 11 is 1.65. The maximum atomic E-state index is 13.7. The summed E-state index contributed by atoms with van der Waals surface area (Å²) < 4.78 is 10.9. The lowest BCUT2D eigenvalue weighted by Crippen LogP contribution is -2.46. The minimum atomic E-state index is -0.589. The molecule has 0 spiro atoms. The van der Waals surface area contributed by atoms with Crippen LogP contribution in [0.15, 0.2) is 41.3 Å². The van der Waals surface area contributed by atoms with Gasteiger partial charge in [0.2, 0.25) is 5.91 Å². The summed E-state index contributed by atoms with van der Waals surface area (Å²) in [6, 6.07) is 11.1. The van der Waals surface area contributed by atoms with E-state index in [-0.39, 0.29) is 11.8 Å². The van der Waals surface area contributed by atoms with Gasteiger partial charge in [0.1, 0.15) is 0 Å². The molecular formula is C26H35N3O4S. The van der Waals surface area contributed by atoms with E-state index in [0.29, 0.717) is 29.2 Å². The number of benzene rings is 2. The zero-order valence-electron chi connectivity index (χ0n) is 20.9. The van der Waals surface area contributed by atoms with E-state index in [1.54, 1.807) is 43.0 Å². The lowest BCUT2D eigenvalue weighted by molar-refractivity contribution is -0.124. The van der Waals surface area contributed by atoms with Crippen molar-refractivity contribution >= 4 is 23.6 Å². The number of amides is 2. The lowest BCUT2D eigenvalue weighted by atomic mass is 9.79. The van der Waals surface area contributed by atoms with Crippen molar-refractivity contribution in [1.82, 2.24) is 15.1 Å². The second-order valence-corrected chi connectivity index (χ2v) is 9.10. The van der Waals surface area contributed by atoms with E-state index in [9.17, 15) is 9.59 Å². The van der Waals surface area contributed by atoms with Crippen LogP contribution in [0.4, 0.5) is 0 Å². The van der Waals surface area contributed by atoms with Gasteiger partial charge in [-0.25, -0.2) is 0 Å². The molecule has 0 aliphatic carbocycles. The van der Waals surface area contributed by atoms with Gasteiger partial charge in [0, 0.05) is 30.6 Å².